The molecule has 6 atom stereocenters. The van der Waals surface area contributed by atoms with Crippen LogP contribution in [0.5, 0.6) is 0 Å². The number of nitrogens with two attached hydrogens (primary N) is 1. The fourth-order valence-corrected chi connectivity index (χ4v) is 4.05. The number of primary amides is 1. The van der Waals surface area contributed by atoms with Gasteiger partial charge in [-0.05, 0) is 32.6 Å². The van der Waals surface area contributed by atoms with Crippen molar-refractivity contribution in [2.75, 3.05) is 6.54 Å². The van der Waals surface area contributed by atoms with Gasteiger partial charge in [0, 0.05) is 12.5 Å². The van der Waals surface area contributed by atoms with Crippen LogP contribution in [-0.2, 0) is 9.53 Å². The van der Waals surface area contributed by atoms with Gasteiger partial charge in [0.1, 0.15) is 11.8 Å². The summed E-state index contributed by atoms with van der Waals surface area (Å²) in [6.45, 7) is 6.92. The predicted molar refractivity (Wildman–Crippen MR) is 68.6 cm³/mol. The highest BCUT2D eigenvalue weighted by Gasteiger charge is 2.67. The number of nitriles is 1. The van der Waals surface area contributed by atoms with Gasteiger partial charge < -0.3 is 10.5 Å². The fourth-order valence-electron chi connectivity index (χ4n) is 4.05. The minimum absolute atomic E-state index is 0.00495. The number of hydrogen-bond donors (Lipinski definition) is 1. The van der Waals surface area contributed by atoms with Gasteiger partial charge in [-0.2, -0.15) is 5.26 Å². The Morgan fingerprint density at radius 2 is 2.21 bits per heavy atom. The molecule has 2 N–H and O–H groups in total. The molecule has 0 aromatic carbocycles. The Bertz CT molecular complexity index is 470. The highest BCUT2D eigenvalue weighted by molar-refractivity contribution is 5.83. The van der Waals surface area contributed by atoms with Gasteiger partial charge in [0.15, 0.2) is 0 Å². The van der Waals surface area contributed by atoms with E-state index in [1.54, 1.807) is 0 Å². The second-order valence-electron chi connectivity index (χ2n) is 6.78. The van der Waals surface area contributed by atoms with Gasteiger partial charge in [-0.1, -0.05) is 6.92 Å². The number of amides is 1. The molecule has 0 aromatic rings. The molecule has 3 rings (SSSR count). The molecule has 2 bridgehead atoms. The van der Waals surface area contributed by atoms with E-state index in [0.717, 1.165) is 12.8 Å². The van der Waals surface area contributed by atoms with Gasteiger partial charge in [0.2, 0.25) is 5.91 Å². The summed E-state index contributed by atoms with van der Waals surface area (Å²) in [5, 5.41) is 9.37. The zero-order valence-corrected chi connectivity index (χ0v) is 11.7. The number of nitrogens with zero attached hydrogens (tertiary/aromatic N) is 2. The van der Waals surface area contributed by atoms with Crippen molar-refractivity contribution in [2.45, 2.75) is 51.0 Å². The van der Waals surface area contributed by atoms with Gasteiger partial charge in [-0.25, -0.2) is 0 Å². The summed E-state index contributed by atoms with van der Waals surface area (Å²) < 4.78 is 6.38. The van der Waals surface area contributed by atoms with Gasteiger partial charge in [-0.15, -0.1) is 0 Å². The van der Waals surface area contributed by atoms with E-state index in [9.17, 15) is 10.1 Å². The van der Waals surface area contributed by atoms with E-state index < -0.39 is 5.72 Å². The topological polar surface area (TPSA) is 79.1 Å². The van der Waals surface area contributed by atoms with Crippen LogP contribution in [0.15, 0.2) is 0 Å². The molecule has 19 heavy (non-hydrogen) atoms. The maximum Gasteiger partial charge on any atom is 0.236 e. The highest BCUT2D eigenvalue weighted by atomic mass is 16.6. The molecule has 1 saturated carbocycles. The largest absolute Gasteiger partial charge is 0.368 e. The van der Waals surface area contributed by atoms with Crippen molar-refractivity contribution in [1.29, 1.82) is 5.26 Å². The maximum absolute atomic E-state index is 11.4. The molecule has 0 radical (unpaired) electrons. The number of rotatable bonds is 2. The minimum Gasteiger partial charge on any atom is -0.368 e. The highest BCUT2D eigenvalue weighted by Crippen LogP contribution is 2.58. The zero-order chi connectivity index (χ0) is 14.0. The van der Waals surface area contributed by atoms with Gasteiger partial charge >= 0.3 is 0 Å². The van der Waals surface area contributed by atoms with E-state index in [1.165, 1.54) is 0 Å². The van der Waals surface area contributed by atoms with Crippen LogP contribution < -0.4 is 5.73 Å². The summed E-state index contributed by atoms with van der Waals surface area (Å²) in [7, 11) is 0. The molecule has 2 aliphatic heterocycles. The first-order valence-corrected chi connectivity index (χ1v) is 6.97. The molecule has 1 aliphatic carbocycles. The number of carbonyl (C=O) groups is 1. The Balaban J connectivity index is 1.95. The third kappa shape index (κ3) is 1.63. The number of fused-ring (bicyclic) bond motifs is 2. The van der Waals surface area contributed by atoms with Gasteiger partial charge in [0.05, 0.1) is 17.6 Å². The van der Waals surface area contributed by atoms with Crippen LogP contribution in [0, 0.1) is 29.1 Å². The SMILES string of the molecule is C[C@@H]1[C@H](C#N)C[C@@H]2C[C@@]1(N1C[C@H]1C(N)=O)OC2(C)C. The molecule has 3 aliphatic rings. The lowest BCUT2D eigenvalue weighted by molar-refractivity contribution is -0.173. The molecule has 5 heteroatoms. The Morgan fingerprint density at radius 1 is 1.53 bits per heavy atom. The maximum atomic E-state index is 11.4. The first kappa shape index (κ1) is 12.9. The molecule has 0 aromatic heterocycles. The van der Waals surface area contributed by atoms with Crippen LogP contribution in [0.1, 0.15) is 33.6 Å². The summed E-state index contributed by atoms with van der Waals surface area (Å²) in [4.78, 5) is 13.4. The summed E-state index contributed by atoms with van der Waals surface area (Å²) in [5.74, 6) is 0.197. The molecular formula is C14H21N3O2. The molecular weight excluding hydrogens is 242 g/mol. The predicted octanol–water partition coefficient (Wildman–Crippen LogP) is 0.847. The second-order valence-corrected chi connectivity index (χ2v) is 6.78. The first-order chi connectivity index (χ1) is 8.82. The van der Waals surface area contributed by atoms with Crippen LogP contribution in [0.25, 0.3) is 0 Å². The van der Waals surface area contributed by atoms with E-state index in [2.05, 4.69) is 31.7 Å². The Kier molecular flexibility index (Phi) is 2.52. The quantitative estimate of drug-likeness (QED) is 0.749. The molecule has 0 spiro atoms. The van der Waals surface area contributed by atoms with Crippen LogP contribution >= 0.6 is 0 Å². The average molecular weight is 263 g/mol. The summed E-state index contributed by atoms with van der Waals surface area (Å²) in [6, 6.07) is 2.21. The van der Waals surface area contributed by atoms with Crippen LogP contribution in [0.4, 0.5) is 0 Å². The number of ether oxygens (including phenoxy) is 1. The van der Waals surface area contributed by atoms with E-state index in [4.69, 9.17) is 10.5 Å². The standard InChI is InChI=1S/C14H21N3O2/c1-8-9(6-15)4-10-5-14(8,19-13(10,2)3)17-7-11(17)12(16)18/h8-11H,4-5,7H2,1-3H3,(H2,16,18)/t8-,9+,10-,11+,14-,17?/m1/s1. The van der Waals surface area contributed by atoms with Crippen molar-refractivity contribution in [3.63, 3.8) is 0 Å². The molecule has 1 amide bonds. The van der Waals surface area contributed by atoms with Crippen molar-refractivity contribution in [2.24, 2.45) is 23.5 Å². The van der Waals surface area contributed by atoms with Crippen molar-refractivity contribution in [1.82, 2.24) is 4.90 Å². The molecule has 1 unspecified atom stereocenters. The Labute approximate surface area is 113 Å². The summed E-state index contributed by atoms with van der Waals surface area (Å²) in [6.07, 6.45) is 1.80. The van der Waals surface area contributed by atoms with E-state index in [1.807, 2.05) is 0 Å². The van der Waals surface area contributed by atoms with Gasteiger partial charge in [-0.3, -0.25) is 9.69 Å². The molecule has 5 nitrogen and oxygen atoms in total. The van der Waals surface area contributed by atoms with Crippen LogP contribution in [-0.4, -0.2) is 34.7 Å². The fraction of sp³-hybridized carbons (Fsp3) is 0.857. The molecule has 2 heterocycles. The van der Waals surface area contributed by atoms with Crippen LogP contribution in [0.2, 0.25) is 0 Å². The molecule has 2 saturated heterocycles. The third-order valence-electron chi connectivity index (χ3n) is 5.41. The zero-order valence-electron chi connectivity index (χ0n) is 11.7. The lowest BCUT2D eigenvalue weighted by Crippen LogP contribution is -2.50. The average Bonchev–Trinajstić information content (AvgIpc) is 3.08. The van der Waals surface area contributed by atoms with Crippen LogP contribution in [0.3, 0.4) is 0 Å². The minimum atomic E-state index is -0.466. The third-order valence-corrected chi connectivity index (χ3v) is 5.41. The smallest absolute Gasteiger partial charge is 0.236 e. The molecule has 104 valence electrons. The number of hydrogen-bond acceptors (Lipinski definition) is 4. The van der Waals surface area contributed by atoms with Gasteiger partial charge in [0.25, 0.3) is 0 Å². The summed E-state index contributed by atoms with van der Waals surface area (Å²) in [5.41, 5.74) is 4.70. The van der Waals surface area contributed by atoms with E-state index in [0.29, 0.717) is 12.5 Å². The first-order valence-electron chi connectivity index (χ1n) is 6.97. The molecule has 3 fully saturated rings. The van der Waals surface area contributed by atoms with Crippen molar-refractivity contribution < 1.29 is 9.53 Å². The van der Waals surface area contributed by atoms with Crippen molar-refractivity contribution in [3.05, 3.63) is 0 Å². The monoisotopic (exact) mass is 263 g/mol. The Morgan fingerprint density at radius 3 is 2.74 bits per heavy atom. The lowest BCUT2D eigenvalue weighted by atomic mass is 9.69. The lowest BCUT2D eigenvalue weighted by Gasteiger charge is -2.41. The van der Waals surface area contributed by atoms with E-state index in [-0.39, 0.29) is 29.4 Å². The normalized spacial score (nSPS) is 50.5. The van der Waals surface area contributed by atoms with Crippen molar-refractivity contribution >= 4 is 5.91 Å². The number of carbonyl (C=O) groups excluding carboxylic acids is 1. The summed E-state index contributed by atoms with van der Waals surface area (Å²) >= 11 is 0. The second kappa shape index (κ2) is 3.71. The van der Waals surface area contributed by atoms with Crippen molar-refractivity contribution in [3.8, 4) is 6.07 Å². The van der Waals surface area contributed by atoms with E-state index >= 15 is 0 Å². The Hall–Kier alpha value is -1.12.